The van der Waals surface area contributed by atoms with Gasteiger partial charge in [-0.1, -0.05) is 0 Å². The third-order valence-corrected chi connectivity index (χ3v) is 5.23. The Kier molecular flexibility index (Phi) is 5.87. The van der Waals surface area contributed by atoms with Gasteiger partial charge in [0.2, 0.25) is 0 Å². The van der Waals surface area contributed by atoms with Gasteiger partial charge in [0, 0.05) is 32.6 Å². The molecule has 150 valence electrons. The SMILES string of the molecule is O=C(COc1ccc2nc3n(c(=O)c2c1)CCC3)NCCCN1CCOCC1. The largest absolute Gasteiger partial charge is 0.484 e. The van der Waals surface area contributed by atoms with Crippen LogP contribution in [-0.2, 0) is 22.5 Å². The number of aromatic nitrogens is 2. The number of hydrogen-bond acceptors (Lipinski definition) is 6. The fourth-order valence-electron chi connectivity index (χ4n) is 3.71. The van der Waals surface area contributed by atoms with E-state index >= 15 is 0 Å². The highest BCUT2D eigenvalue weighted by Crippen LogP contribution is 2.19. The molecule has 0 unspecified atom stereocenters. The molecule has 0 radical (unpaired) electrons. The van der Waals surface area contributed by atoms with Crippen LogP contribution in [0, 0.1) is 0 Å². The summed E-state index contributed by atoms with van der Waals surface area (Å²) in [6.45, 7) is 5.71. The molecule has 1 N–H and O–H groups in total. The molecule has 1 aromatic heterocycles. The first-order valence-electron chi connectivity index (χ1n) is 9.94. The van der Waals surface area contributed by atoms with E-state index < -0.39 is 0 Å². The van der Waals surface area contributed by atoms with Crippen LogP contribution in [0.15, 0.2) is 23.0 Å². The van der Waals surface area contributed by atoms with Crippen LogP contribution < -0.4 is 15.6 Å². The molecule has 8 heteroatoms. The van der Waals surface area contributed by atoms with E-state index in [0.717, 1.165) is 64.5 Å². The van der Waals surface area contributed by atoms with E-state index in [1.165, 1.54) is 0 Å². The number of morpholine rings is 1. The van der Waals surface area contributed by atoms with Crippen molar-refractivity contribution < 1.29 is 14.3 Å². The normalized spacial score (nSPS) is 16.9. The fourth-order valence-corrected chi connectivity index (χ4v) is 3.71. The molecular formula is C20H26N4O4. The zero-order chi connectivity index (χ0) is 19.3. The number of ether oxygens (including phenoxy) is 2. The van der Waals surface area contributed by atoms with Crippen LogP contribution in [0.2, 0.25) is 0 Å². The molecule has 8 nitrogen and oxygen atoms in total. The molecule has 28 heavy (non-hydrogen) atoms. The monoisotopic (exact) mass is 386 g/mol. The summed E-state index contributed by atoms with van der Waals surface area (Å²) in [5.41, 5.74) is 0.647. The highest BCUT2D eigenvalue weighted by Gasteiger charge is 2.16. The highest BCUT2D eigenvalue weighted by molar-refractivity contribution is 5.80. The van der Waals surface area contributed by atoms with Crippen LogP contribution in [0.4, 0.5) is 0 Å². The van der Waals surface area contributed by atoms with Crippen LogP contribution in [0.5, 0.6) is 5.75 Å². The first-order chi connectivity index (χ1) is 13.7. The number of benzene rings is 1. The summed E-state index contributed by atoms with van der Waals surface area (Å²) in [4.78, 5) is 31.5. The van der Waals surface area contributed by atoms with Crippen LogP contribution in [0.3, 0.4) is 0 Å². The van der Waals surface area contributed by atoms with Crippen LogP contribution >= 0.6 is 0 Å². The number of carbonyl (C=O) groups is 1. The first kappa shape index (κ1) is 18.9. The summed E-state index contributed by atoms with van der Waals surface area (Å²) in [6.07, 6.45) is 2.69. The van der Waals surface area contributed by atoms with Crippen molar-refractivity contribution in [3.8, 4) is 5.75 Å². The second-order valence-corrected chi connectivity index (χ2v) is 7.21. The maximum absolute atomic E-state index is 12.6. The highest BCUT2D eigenvalue weighted by atomic mass is 16.5. The molecule has 1 saturated heterocycles. The van der Waals surface area contributed by atoms with E-state index in [1.54, 1.807) is 22.8 Å². The molecule has 0 spiro atoms. The molecule has 1 amide bonds. The van der Waals surface area contributed by atoms with Crippen molar-refractivity contribution in [3.05, 3.63) is 34.4 Å². The summed E-state index contributed by atoms with van der Waals surface area (Å²) in [5.74, 6) is 1.20. The van der Waals surface area contributed by atoms with Gasteiger partial charge in [-0.05, 0) is 37.6 Å². The van der Waals surface area contributed by atoms with E-state index in [0.29, 0.717) is 23.2 Å². The van der Waals surface area contributed by atoms with Gasteiger partial charge in [0.05, 0.1) is 24.1 Å². The van der Waals surface area contributed by atoms with Crippen LogP contribution in [0.25, 0.3) is 10.9 Å². The van der Waals surface area contributed by atoms with Gasteiger partial charge < -0.3 is 14.8 Å². The number of rotatable bonds is 7. The minimum atomic E-state index is -0.161. The van der Waals surface area contributed by atoms with Gasteiger partial charge in [0.15, 0.2) is 6.61 Å². The number of fused-ring (bicyclic) bond motifs is 2. The lowest BCUT2D eigenvalue weighted by molar-refractivity contribution is -0.123. The van der Waals surface area contributed by atoms with Gasteiger partial charge >= 0.3 is 0 Å². The Morgan fingerprint density at radius 1 is 1.25 bits per heavy atom. The van der Waals surface area contributed by atoms with Gasteiger partial charge in [0.1, 0.15) is 11.6 Å². The van der Waals surface area contributed by atoms with Crippen molar-refractivity contribution in [2.75, 3.05) is 46.0 Å². The summed E-state index contributed by atoms with van der Waals surface area (Å²) < 4.78 is 12.6. The van der Waals surface area contributed by atoms with Crippen molar-refractivity contribution in [2.24, 2.45) is 0 Å². The smallest absolute Gasteiger partial charge is 0.261 e. The predicted octanol–water partition coefficient (Wildman–Crippen LogP) is 0.560. The van der Waals surface area contributed by atoms with E-state index in [1.807, 2.05) is 0 Å². The second kappa shape index (κ2) is 8.70. The minimum Gasteiger partial charge on any atom is -0.484 e. The molecule has 0 aliphatic carbocycles. The molecule has 0 bridgehead atoms. The Balaban J connectivity index is 1.26. The Labute approximate surface area is 163 Å². The maximum atomic E-state index is 12.6. The number of carbonyl (C=O) groups excluding carboxylic acids is 1. The zero-order valence-electron chi connectivity index (χ0n) is 16.0. The third-order valence-electron chi connectivity index (χ3n) is 5.23. The van der Waals surface area contributed by atoms with Gasteiger partial charge in [-0.25, -0.2) is 4.98 Å². The maximum Gasteiger partial charge on any atom is 0.261 e. The molecule has 4 rings (SSSR count). The van der Waals surface area contributed by atoms with Crippen molar-refractivity contribution in [1.82, 2.24) is 19.8 Å². The quantitative estimate of drug-likeness (QED) is 0.700. The summed E-state index contributed by atoms with van der Waals surface area (Å²) >= 11 is 0. The van der Waals surface area contributed by atoms with Crippen molar-refractivity contribution in [1.29, 1.82) is 0 Å². The zero-order valence-corrected chi connectivity index (χ0v) is 16.0. The van der Waals surface area contributed by atoms with Gasteiger partial charge in [0.25, 0.3) is 11.5 Å². The average molecular weight is 386 g/mol. The lowest BCUT2D eigenvalue weighted by atomic mass is 10.2. The summed E-state index contributed by atoms with van der Waals surface area (Å²) in [5, 5.41) is 3.41. The van der Waals surface area contributed by atoms with Gasteiger partial charge in [-0.15, -0.1) is 0 Å². The molecule has 0 saturated carbocycles. The molecule has 2 aliphatic heterocycles. The molecule has 3 heterocycles. The standard InChI is InChI=1S/C20H26N4O4/c25-19(21-6-2-7-23-9-11-27-12-10-23)14-28-15-4-5-17-16(13-15)20(26)24-8-1-3-18(24)22-17/h4-5,13H,1-3,6-12,14H2,(H,21,25). The Morgan fingerprint density at radius 3 is 2.96 bits per heavy atom. The van der Waals surface area contributed by atoms with E-state index in [9.17, 15) is 9.59 Å². The van der Waals surface area contributed by atoms with Crippen molar-refractivity contribution >= 4 is 16.8 Å². The van der Waals surface area contributed by atoms with Crippen molar-refractivity contribution in [3.63, 3.8) is 0 Å². The number of nitrogens with zero attached hydrogens (tertiary/aromatic N) is 3. The molecule has 2 aromatic rings. The fraction of sp³-hybridized carbons (Fsp3) is 0.550. The Morgan fingerprint density at radius 2 is 2.11 bits per heavy atom. The van der Waals surface area contributed by atoms with E-state index in [4.69, 9.17) is 9.47 Å². The lowest BCUT2D eigenvalue weighted by Crippen LogP contribution is -2.38. The number of hydrogen-bond donors (Lipinski definition) is 1. The first-order valence-corrected chi connectivity index (χ1v) is 9.94. The third kappa shape index (κ3) is 4.34. The van der Waals surface area contributed by atoms with E-state index in [-0.39, 0.29) is 18.1 Å². The molecule has 0 atom stereocenters. The Bertz CT molecular complexity index is 905. The summed E-state index contributed by atoms with van der Waals surface area (Å²) in [6, 6.07) is 5.22. The van der Waals surface area contributed by atoms with Gasteiger partial charge in [-0.2, -0.15) is 0 Å². The van der Waals surface area contributed by atoms with Gasteiger partial charge in [-0.3, -0.25) is 19.1 Å². The second-order valence-electron chi connectivity index (χ2n) is 7.21. The molecule has 2 aliphatic rings. The van der Waals surface area contributed by atoms with Crippen LogP contribution in [0.1, 0.15) is 18.7 Å². The minimum absolute atomic E-state index is 0.0319. The number of amides is 1. The lowest BCUT2D eigenvalue weighted by Gasteiger charge is -2.26. The average Bonchev–Trinajstić information content (AvgIpc) is 3.20. The van der Waals surface area contributed by atoms with E-state index in [2.05, 4.69) is 15.2 Å². The Hall–Kier alpha value is -2.45. The molecule has 1 aromatic carbocycles. The topological polar surface area (TPSA) is 85.7 Å². The number of nitrogens with one attached hydrogen (secondary N) is 1. The summed E-state index contributed by atoms with van der Waals surface area (Å²) in [7, 11) is 0. The molecule has 1 fully saturated rings. The predicted molar refractivity (Wildman–Crippen MR) is 105 cm³/mol. The number of aryl methyl sites for hydroxylation is 1. The van der Waals surface area contributed by atoms with Crippen LogP contribution in [-0.4, -0.2) is 66.4 Å². The molecular weight excluding hydrogens is 360 g/mol. The van der Waals surface area contributed by atoms with Crippen molar-refractivity contribution in [2.45, 2.75) is 25.8 Å².